The van der Waals surface area contributed by atoms with Crippen LogP contribution in [0.3, 0.4) is 0 Å². The first-order valence-electron chi connectivity index (χ1n) is 17.5. The van der Waals surface area contributed by atoms with E-state index in [2.05, 4.69) is 36.2 Å². The molecule has 0 aliphatic carbocycles. The molecule has 16 nitrogen and oxygen atoms in total. The molecule has 3 rings (SSSR count). The number of aromatic nitrogens is 4. The van der Waals surface area contributed by atoms with Crippen LogP contribution in [0.4, 0.5) is 18.0 Å². The molecule has 4 amide bonds. The van der Waals surface area contributed by atoms with Gasteiger partial charge in [-0.2, -0.15) is 13.2 Å². The van der Waals surface area contributed by atoms with Gasteiger partial charge in [0.15, 0.2) is 5.82 Å². The number of nitrogens with zero attached hydrogens (tertiary/aromatic N) is 4. The van der Waals surface area contributed by atoms with Crippen LogP contribution in [0.15, 0.2) is 60.7 Å². The quantitative estimate of drug-likeness (QED) is 0.154. The fourth-order valence-corrected chi connectivity index (χ4v) is 4.57. The van der Waals surface area contributed by atoms with Crippen LogP contribution < -0.4 is 21.3 Å². The molecular weight excluding hydrogens is 741 g/mol. The Balaban J connectivity index is 0.000000610. The topological polar surface area (TPSA) is 205 Å². The van der Waals surface area contributed by atoms with E-state index in [0.29, 0.717) is 13.0 Å². The molecule has 0 bridgehead atoms. The highest BCUT2D eigenvalue weighted by Gasteiger charge is 2.44. The van der Waals surface area contributed by atoms with Crippen LogP contribution in [-0.4, -0.2) is 93.1 Å². The van der Waals surface area contributed by atoms with Crippen molar-refractivity contribution < 1.29 is 51.4 Å². The molecular formula is C37H51F3N8O8. The van der Waals surface area contributed by atoms with E-state index in [9.17, 15) is 37.1 Å². The maximum atomic E-state index is 13.0. The minimum absolute atomic E-state index is 0.0332. The van der Waals surface area contributed by atoms with Gasteiger partial charge in [0.2, 0.25) is 11.8 Å². The van der Waals surface area contributed by atoms with Gasteiger partial charge in [0, 0.05) is 13.0 Å². The summed E-state index contributed by atoms with van der Waals surface area (Å²) in [6.45, 7) is 11.1. The van der Waals surface area contributed by atoms with E-state index in [-0.39, 0.29) is 37.9 Å². The molecule has 1 atom stereocenters. The van der Waals surface area contributed by atoms with Gasteiger partial charge in [-0.3, -0.25) is 14.4 Å². The summed E-state index contributed by atoms with van der Waals surface area (Å²) < 4.78 is 55.0. The van der Waals surface area contributed by atoms with Gasteiger partial charge in [0.1, 0.15) is 22.7 Å². The maximum Gasteiger partial charge on any atom is 0.471 e. The molecule has 308 valence electrons. The number of aryl methyl sites for hydroxylation is 1. The monoisotopic (exact) mass is 792 g/mol. The second-order valence-corrected chi connectivity index (χ2v) is 14.4. The lowest BCUT2D eigenvalue weighted by atomic mass is 10.0. The third kappa shape index (κ3) is 16.8. The summed E-state index contributed by atoms with van der Waals surface area (Å²) in [6, 6.07) is 17.8. The molecule has 0 aliphatic rings. The average Bonchev–Trinajstić information content (AvgIpc) is 3.58. The zero-order chi connectivity index (χ0) is 42.2. The van der Waals surface area contributed by atoms with Crippen molar-refractivity contribution in [1.82, 2.24) is 41.5 Å². The van der Waals surface area contributed by atoms with Gasteiger partial charge in [0.05, 0.1) is 26.9 Å². The molecule has 1 aromatic heterocycles. The first-order valence-corrected chi connectivity index (χ1v) is 17.5. The molecule has 56 heavy (non-hydrogen) atoms. The standard InChI is InChI=1S/C27H32F3N7O4.C10H19NO4/c1-26(2,33-25(40)27(28,29)30)24(39)32-21(18-41-17-20-11-7-4-8-12-20)23-34-35-36-37(23)16-14-22(38)31-15-13-19-9-5-3-6-10-19;1-9(2,3)15-8(13)11-10(4,5)7(12)14-6/h3-12,21H,13-18H2,1-2H3,(H,31,38)(H,32,39)(H,33,40);1-6H3,(H,11,13)/t21-;/m1./s1. The van der Waals surface area contributed by atoms with Crippen molar-refractivity contribution in [3.05, 3.63) is 77.6 Å². The zero-order valence-electron chi connectivity index (χ0n) is 32.8. The van der Waals surface area contributed by atoms with E-state index in [4.69, 9.17) is 9.47 Å². The summed E-state index contributed by atoms with van der Waals surface area (Å²) in [5, 5.41) is 21.0. The first kappa shape index (κ1) is 46.6. The Morgan fingerprint density at radius 1 is 0.804 bits per heavy atom. The van der Waals surface area contributed by atoms with Crippen LogP contribution in [0.5, 0.6) is 0 Å². The Morgan fingerprint density at radius 3 is 1.95 bits per heavy atom. The number of alkyl halides is 3. The molecule has 19 heteroatoms. The third-order valence-corrected chi connectivity index (χ3v) is 7.46. The van der Waals surface area contributed by atoms with Gasteiger partial charge in [-0.25, -0.2) is 14.3 Å². The highest BCUT2D eigenvalue weighted by atomic mass is 19.4. The van der Waals surface area contributed by atoms with Crippen molar-refractivity contribution in [2.45, 2.75) is 103 Å². The molecule has 4 N–H and O–H groups in total. The highest BCUT2D eigenvalue weighted by molar-refractivity contribution is 5.92. The van der Waals surface area contributed by atoms with Crippen molar-refractivity contribution in [3.8, 4) is 0 Å². The molecule has 0 unspecified atom stereocenters. The predicted molar refractivity (Wildman–Crippen MR) is 196 cm³/mol. The summed E-state index contributed by atoms with van der Waals surface area (Å²) >= 11 is 0. The van der Waals surface area contributed by atoms with Crippen LogP contribution in [0, 0.1) is 0 Å². The van der Waals surface area contributed by atoms with E-state index in [1.165, 1.54) is 11.8 Å². The Kier molecular flexibility index (Phi) is 17.4. The van der Waals surface area contributed by atoms with E-state index >= 15 is 0 Å². The number of esters is 1. The second-order valence-electron chi connectivity index (χ2n) is 14.4. The average molecular weight is 793 g/mol. The normalized spacial score (nSPS) is 12.3. The van der Waals surface area contributed by atoms with Gasteiger partial charge in [0.25, 0.3) is 0 Å². The number of hydrogen-bond donors (Lipinski definition) is 4. The Labute approximate surface area is 323 Å². The SMILES string of the molecule is CC(C)(NC(=O)C(F)(F)F)C(=O)N[C@H](COCc1ccccc1)c1nnnn1CCC(=O)NCCc1ccccc1.COC(=O)C(C)(C)NC(=O)OC(C)(C)C. The second kappa shape index (κ2) is 20.9. The van der Waals surface area contributed by atoms with Gasteiger partial charge in [-0.1, -0.05) is 60.7 Å². The maximum absolute atomic E-state index is 13.0. The number of rotatable bonds is 16. The molecule has 0 spiro atoms. The van der Waals surface area contributed by atoms with Crippen LogP contribution in [0.1, 0.15) is 77.9 Å². The van der Waals surface area contributed by atoms with Crippen molar-refractivity contribution in [2.24, 2.45) is 0 Å². The van der Waals surface area contributed by atoms with E-state index < -0.39 is 52.8 Å². The Morgan fingerprint density at radius 2 is 1.39 bits per heavy atom. The number of carbonyl (C=O) groups is 5. The van der Waals surface area contributed by atoms with Crippen LogP contribution in [-0.2, 0) is 53.0 Å². The number of carbonyl (C=O) groups excluding carboxylic acids is 5. The third-order valence-electron chi connectivity index (χ3n) is 7.46. The van der Waals surface area contributed by atoms with Gasteiger partial charge >= 0.3 is 24.1 Å². The summed E-state index contributed by atoms with van der Waals surface area (Å²) in [6.07, 6.45) is -5.11. The molecule has 0 fully saturated rings. The summed E-state index contributed by atoms with van der Waals surface area (Å²) in [7, 11) is 1.26. The first-order chi connectivity index (χ1) is 26.0. The van der Waals surface area contributed by atoms with E-state index in [1.54, 1.807) is 39.9 Å². The lowest BCUT2D eigenvalue weighted by Crippen LogP contribution is -2.58. The number of alkyl carbamates (subject to hydrolysis) is 1. The number of methoxy groups -OCH3 is 1. The molecule has 0 saturated carbocycles. The zero-order valence-corrected chi connectivity index (χ0v) is 32.8. The fourth-order valence-electron chi connectivity index (χ4n) is 4.57. The summed E-state index contributed by atoms with van der Waals surface area (Å²) in [4.78, 5) is 59.5. The number of hydrogen-bond acceptors (Lipinski definition) is 11. The molecule has 0 saturated heterocycles. The fraction of sp³-hybridized carbons (Fsp3) is 0.514. The van der Waals surface area contributed by atoms with Crippen LogP contribution in [0.2, 0.25) is 0 Å². The van der Waals surface area contributed by atoms with Gasteiger partial charge < -0.3 is 35.5 Å². The number of tetrazole rings is 1. The smallest absolute Gasteiger partial charge is 0.467 e. The summed E-state index contributed by atoms with van der Waals surface area (Å²) in [5.74, 6) is -3.80. The Hall–Kier alpha value is -5.59. The lowest BCUT2D eigenvalue weighted by Gasteiger charge is -2.28. The number of benzene rings is 2. The predicted octanol–water partition coefficient (Wildman–Crippen LogP) is 3.72. The van der Waals surface area contributed by atoms with Gasteiger partial charge in [-0.05, 0) is 76.4 Å². The number of ether oxygens (including phenoxy) is 3. The summed E-state index contributed by atoms with van der Waals surface area (Å²) in [5.41, 5.74) is -1.67. The molecule has 0 aliphatic heterocycles. The van der Waals surface area contributed by atoms with Crippen molar-refractivity contribution in [2.75, 3.05) is 20.3 Å². The van der Waals surface area contributed by atoms with Gasteiger partial charge in [-0.15, -0.1) is 5.10 Å². The van der Waals surface area contributed by atoms with Crippen molar-refractivity contribution in [1.29, 1.82) is 0 Å². The number of nitrogens with one attached hydrogen (secondary N) is 4. The number of amides is 4. The van der Waals surface area contributed by atoms with Crippen molar-refractivity contribution >= 4 is 29.8 Å². The molecule has 1 heterocycles. The lowest BCUT2D eigenvalue weighted by molar-refractivity contribution is -0.176. The van der Waals surface area contributed by atoms with E-state index in [0.717, 1.165) is 25.0 Å². The molecule has 3 aromatic rings. The Bertz CT molecular complexity index is 1730. The molecule has 0 radical (unpaired) electrons. The van der Waals surface area contributed by atoms with Crippen molar-refractivity contribution in [3.63, 3.8) is 0 Å². The van der Waals surface area contributed by atoms with Crippen LogP contribution >= 0.6 is 0 Å². The largest absolute Gasteiger partial charge is 0.471 e. The highest BCUT2D eigenvalue weighted by Crippen LogP contribution is 2.19. The molecule has 2 aromatic carbocycles. The number of halogens is 3. The minimum Gasteiger partial charge on any atom is -0.467 e. The van der Waals surface area contributed by atoms with Crippen LogP contribution in [0.25, 0.3) is 0 Å². The van der Waals surface area contributed by atoms with E-state index in [1.807, 2.05) is 60.7 Å². The minimum atomic E-state index is -5.17.